The Morgan fingerprint density at radius 2 is 1.14 bits per heavy atom. The first kappa shape index (κ1) is 23.7. The van der Waals surface area contributed by atoms with Gasteiger partial charge in [-0.1, -0.05) is 84.9 Å². The Morgan fingerprint density at radius 1 is 0.512 bits per heavy atom. The third kappa shape index (κ3) is 3.57. The van der Waals surface area contributed by atoms with Crippen molar-refractivity contribution < 1.29 is 4.42 Å². The number of furan rings is 1. The van der Waals surface area contributed by atoms with Crippen molar-refractivity contribution in [3.63, 3.8) is 0 Å². The number of hydrogen-bond donors (Lipinski definition) is 0. The SMILES string of the molecule is N#Cc1ccc2oc3ccc(-c4ccc(-c5ccc6ccc7c(-c8ccccn8)ccc8ccc5c6c87)cc4)cc3c2c1. The summed E-state index contributed by atoms with van der Waals surface area (Å²) in [5.74, 6) is 0. The second kappa shape index (κ2) is 9.01. The van der Waals surface area contributed by atoms with Crippen LogP contribution in [0.3, 0.4) is 0 Å². The Bertz CT molecular complexity index is 2550. The number of nitriles is 1. The summed E-state index contributed by atoms with van der Waals surface area (Å²) in [6, 6.07) is 46.8. The van der Waals surface area contributed by atoms with Gasteiger partial charge in [-0.3, -0.25) is 4.98 Å². The van der Waals surface area contributed by atoms with Gasteiger partial charge in [-0.2, -0.15) is 5.26 Å². The molecule has 0 aliphatic rings. The summed E-state index contributed by atoms with van der Waals surface area (Å²) in [6.45, 7) is 0. The van der Waals surface area contributed by atoms with Crippen molar-refractivity contribution in [3.8, 4) is 39.6 Å². The van der Waals surface area contributed by atoms with Gasteiger partial charge in [0.25, 0.3) is 0 Å². The largest absolute Gasteiger partial charge is 0.456 e. The van der Waals surface area contributed by atoms with Gasteiger partial charge in [0.15, 0.2) is 0 Å². The quantitative estimate of drug-likeness (QED) is 0.207. The number of fused-ring (bicyclic) bond motifs is 3. The van der Waals surface area contributed by atoms with Crippen LogP contribution >= 0.6 is 0 Å². The third-order valence-electron chi connectivity index (χ3n) is 8.73. The van der Waals surface area contributed by atoms with Crippen LogP contribution in [-0.4, -0.2) is 4.98 Å². The van der Waals surface area contributed by atoms with E-state index in [0.717, 1.165) is 44.3 Å². The molecule has 0 N–H and O–H groups in total. The smallest absolute Gasteiger partial charge is 0.135 e. The van der Waals surface area contributed by atoms with Gasteiger partial charge in [-0.15, -0.1) is 0 Å². The van der Waals surface area contributed by atoms with E-state index in [2.05, 4.69) is 102 Å². The molecule has 0 bridgehead atoms. The van der Waals surface area contributed by atoms with Gasteiger partial charge in [-0.25, -0.2) is 0 Å². The lowest BCUT2D eigenvalue weighted by Gasteiger charge is -2.16. The van der Waals surface area contributed by atoms with Crippen LogP contribution in [0.25, 0.3) is 87.8 Å². The highest BCUT2D eigenvalue weighted by Crippen LogP contribution is 2.42. The summed E-state index contributed by atoms with van der Waals surface area (Å²) in [7, 11) is 0. The number of pyridine rings is 1. The minimum Gasteiger partial charge on any atom is -0.456 e. The molecule has 43 heavy (non-hydrogen) atoms. The average molecular weight is 547 g/mol. The van der Waals surface area contributed by atoms with Crippen molar-refractivity contribution in [2.75, 3.05) is 0 Å². The molecule has 9 aromatic rings. The summed E-state index contributed by atoms with van der Waals surface area (Å²) in [4.78, 5) is 4.65. The van der Waals surface area contributed by atoms with E-state index in [1.807, 2.05) is 36.5 Å². The van der Waals surface area contributed by atoms with Crippen LogP contribution in [0.2, 0.25) is 0 Å². The summed E-state index contributed by atoms with van der Waals surface area (Å²) < 4.78 is 6.03. The molecule has 2 aromatic heterocycles. The fourth-order valence-corrected chi connectivity index (χ4v) is 6.67. The molecule has 0 saturated carbocycles. The molecule has 2 heterocycles. The summed E-state index contributed by atoms with van der Waals surface area (Å²) in [5.41, 5.74) is 9.04. The zero-order chi connectivity index (χ0) is 28.5. The van der Waals surface area contributed by atoms with E-state index in [-0.39, 0.29) is 0 Å². The van der Waals surface area contributed by atoms with Crippen molar-refractivity contribution >= 4 is 54.3 Å². The number of rotatable bonds is 3. The van der Waals surface area contributed by atoms with E-state index in [1.165, 1.54) is 43.4 Å². The van der Waals surface area contributed by atoms with Crippen molar-refractivity contribution in [1.29, 1.82) is 5.26 Å². The fourth-order valence-electron chi connectivity index (χ4n) is 6.67. The highest BCUT2D eigenvalue weighted by molar-refractivity contribution is 6.27. The molecule has 7 aromatic carbocycles. The molecule has 0 fully saturated rings. The van der Waals surface area contributed by atoms with Crippen LogP contribution in [0.1, 0.15) is 5.56 Å². The first-order valence-electron chi connectivity index (χ1n) is 14.3. The van der Waals surface area contributed by atoms with Crippen molar-refractivity contribution in [2.24, 2.45) is 0 Å². The number of hydrogen-bond acceptors (Lipinski definition) is 3. The Hall–Kier alpha value is -5.98. The Kier molecular flexibility index (Phi) is 4.97. The molecule has 0 unspecified atom stereocenters. The van der Waals surface area contributed by atoms with Crippen LogP contribution in [-0.2, 0) is 0 Å². The standard InChI is InChI=1S/C40H22N2O/c41-23-24-4-18-37-34(21-24)35-22-29(13-19-38(35)43-37)25-5-7-26(8-6-25)30-14-9-27-12-17-33-31(36-3-1-2-20-42-36)15-10-28-11-16-32(30)39(27)40(28)33/h1-22H. The van der Waals surface area contributed by atoms with E-state index in [4.69, 9.17) is 4.42 Å². The lowest BCUT2D eigenvalue weighted by Crippen LogP contribution is -1.90. The second-order valence-electron chi connectivity index (χ2n) is 11.1. The van der Waals surface area contributed by atoms with E-state index < -0.39 is 0 Å². The van der Waals surface area contributed by atoms with Gasteiger partial charge in [-0.05, 0) is 97.0 Å². The molecular weight excluding hydrogens is 524 g/mol. The molecule has 0 radical (unpaired) electrons. The van der Waals surface area contributed by atoms with Crippen LogP contribution < -0.4 is 0 Å². The molecule has 3 nitrogen and oxygen atoms in total. The fraction of sp³-hybridized carbons (Fsp3) is 0. The predicted octanol–water partition coefficient (Wildman–Crippen LogP) is 10.8. The van der Waals surface area contributed by atoms with E-state index in [1.54, 1.807) is 6.07 Å². The molecule has 9 rings (SSSR count). The zero-order valence-electron chi connectivity index (χ0n) is 23.0. The minimum atomic E-state index is 0.631. The van der Waals surface area contributed by atoms with Crippen molar-refractivity contribution in [3.05, 3.63) is 139 Å². The van der Waals surface area contributed by atoms with Crippen molar-refractivity contribution in [2.45, 2.75) is 0 Å². The van der Waals surface area contributed by atoms with Gasteiger partial charge >= 0.3 is 0 Å². The highest BCUT2D eigenvalue weighted by atomic mass is 16.3. The normalized spacial score (nSPS) is 11.7. The lowest BCUT2D eigenvalue weighted by atomic mass is 9.87. The molecule has 198 valence electrons. The van der Waals surface area contributed by atoms with Crippen LogP contribution in [0.4, 0.5) is 0 Å². The molecule has 0 aliphatic heterocycles. The predicted molar refractivity (Wildman–Crippen MR) is 176 cm³/mol. The average Bonchev–Trinajstić information content (AvgIpc) is 3.44. The van der Waals surface area contributed by atoms with Crippen molar-refractivity contribution in [1.82, 2.24) is 4.98 Å². The van der Waals surface area contributed by atoms with E-state index >= 15 is 0 Å². The molecule has 3 heteroatoms. The van der Waals surface area contributed by atoms with Crippen LogP contribution in [0.5, 0.6) is 0 Å². The second-order valence-corrected chi connectivity index (χ2v) is 11.1. The van der Waals surface area contributed by atoms with E-state index in [9.17, 15) is 5.26 Å². The minimum absolute atomic E-state index is 0.631. The van der Waals surface area contributed by atoms with Gasteiger partial charge in [0.1, 0.15) is 11.2 Å². The Balaban J connectivity index is 1.17. The monoisotopic (exact) mass is 546 g/mol. The first-order chi connectivity index (χ1) is 21.2. The topological polar surface area (TPSA) is 49.8 Å². The lowest BCUT2D eigenvalue weighted by molar-refractivity contribution is 0.669. The van der Waals surface area contributed by atoms with Crippen LogP contribution in [0.15, 0.2) is 138 Å². The van der Waals surface area contributed by atoms with E-state index in [0.29, 0.717) is 5.56 Å². The summed E-state index contributed by atoms with van der Waals surface area (Å²) in [6.07, 6.45) is 1.86. The molecule has 0 spiro atoms. The zero-order valence-corrected chi connectivity index (χ0v) is 23.0. The Labute approximate surface area is 247 Å². The maximum absolute atomic E-state index is 9.38. The molecular formula is C40H22N2O. The first-order valence-corrected chi connectivity index (χ1v) is 14.3. The molecule has 0 aliphatic carbocycles. The maximum Gasteiger partial charge on any atom is 0.135 e. The maximum atomic E-state index is 9.38. The highest BCUT2D eigenvalue weighted by Gasteiger charge is 2.15. The van der Waals surface area contributed by atoms with Gasteiger partial charge in [0.05, 0.1) is 17.3 Å². The summed E-state index contributed by atoms with van der Waals surface area (Å²) >= 11 is 0. The number of benzene rings is 7. The molecule has 0 atom stereocenters. The third-order valence-corrected chi connectivity index (χ3v) is 8.73. The van der Waals surface area contributed by atoms with Gasteiger partial charge < -0.3 is 4.42 Å². The van der Waals surface area contributed by atoms with Gasteiger partial charge in [0, 0.05) is 22.5 Å². The number of aromatic nitrogens is 1. The summed E-state index contributed by atoms with van der Waals surface area (Å²) in [5, 5.41) is 18.9. The molecule has 0 amide bonds. The number of nitrogens with zero attached hydrogens (tertiary/aromatic N) is 2. The van der Waals surface area contributed by atoms with Gasteiger partial charge in [0.2, 0.25) is 0 Å². The van der Waals surface area contributed by atoms with Crippen LogP contribution in [0, 0.1) is 11.3 Å². The molecule has 0 saturated heterocycles. The Morgan fingerprint density at radius 3 is 1.86 bits per heavy atom.